The average molecular weight is 608 g/mol. The van der Waals surface area contributed by atoms with Gasteiger partial charge in [-0.05, 0) is 61.1 Å². The Labute approximate surface area is 241 Å². The minimum absolute atomic E-state index is 0. The fourth-order valence-corrected chi connectivity index (χ4v) is 7.39. The largest absolute Gasteiger partial charge is 0.304 e. The van der Waals surface area contributed by atoms with Crippen LogP contribution in [0.25, 0.3) is 43.9 Å². The molecule has 0 bridgehead atoms. The number of nitrogens with one attached hydrogen (secondary N) is 1. The quantitative estimate of drug-likeness (QED) is 0.290. The van der Waals surface area contributed by atoms with Crippen LogP contribution in [0.2, 0.25) is 0 Å². The van der Waals surface area contributed by atoms with Crippen molar-refractivity contribution in [3.05, 3.63) is 72.9 Å². The van der Waals surface area contributed by atoms with Gasteiger partial charge in [-0.1, -0.05) is 6.07 Å². The first-order chi connectivity index (χ1) is 17.9. The molecule has 0 saturated carbocycles. The highest BCUT2D eigenvalue weighted by atomic mass is 35.5. The van der Waals surface area contributed by atoms with Crippen LogP contribution in [0.1, 0.15) is 0 Å². The van der Waals surface area contributed by atoms with Crippen LogP contribution in [0.4, 0.5) is 4.39 Å². The Morgan fingerprint density at radius 3 is 2.36 bits per heavy atom. The van der Waals surface area contributed by atoms with Gasteiger partial charge in [-0.15, -0.1) is 36.2 Å². The number of aromatic nitrogens is 4. The summed E-state index contributed by atoms with van der Waals surface area (Å²) in [6.07, 6.45) is 3.29. The normalized spacial score (nSPS) is 14.6. The van der Waals surface area contributed by atoms with Gasteiger partial charge in [0.2, 0.25) is 0 Å². The Morgan fingerprint density at radius 1 is 0.897 bits per heavy atom. The number of benzene rings is 2. The van der Waals surface area contributed by atoms with Crippen LogP contribution < -0.4 is 0 Å². The molecule has 204 valence electrons. The van der Waals surface area contributed by atoms with Gasteiger partial charge in [0.1, 0.15) is 16.4 Å². The average Bonchev–Trinajstić information content (AvgIpc) is 3.60. The van der Waals surface area contributed by atoms with Crippen molar-refractivity contribution >= 4 is 57.1 Å². The van der Waals surface area contributed by atoms with Gasteiger partial charge in [0, 0.05) is 48.9 Å². The van der Waals surface area contributed by atoms with Crippen molar-refractivity contribution in [2.24, 2.45) is 0 Å². The lowest BCUT2D eigenvalue weighted by Gasteiger charge is -2.31. The highest BCUT2D eigenvalue weighted by Gasteiger charge is 2.29. The summed E-state index contributed by atoms with van der Waals surface area (Å²) >= 11 is 1.22. The summed E-state index contributed by atoms with van der Waals surface area (Å²) in [5.74, 6) is -0.307. The van der Waals surface area contributed by atoms with Gasteiger partial charge in [-0.25, -0.2) is 22.8 Å². The summed E-state index contributed by atoms with van der Waals surface area (Å²) in [4.78, 5) is 11.8. The Balaban J connectivity index is 0.00000176. The maximum atomic E-state index is 13.4. The molecule has 0 aliphatic carbocycles. The lowest BCUT2D eigenvalue weighted by atomic mass is 9.99. The second-order valence-corrected chi connectivity index (χ2v) is 12.2. The molecule has 8 nitrogen and oxygen atoms in total. The summed E-state index contributed by atoms with van der Waals surface area (Å²) in [6.45, 7) is 2.38. The van der Waals surface area contributed by atoms with Crippen LogP contribution in [-0.4, -0.2) is 71.0 Å². The lowest BCUT2D eigenvalue weighted by molar-refractivity contribution is 0.222. The van der Waals surface area contributed by atoms with Gasteiger partial charge in [0.15, 0.2) is 0 Å². The number of rotatable bonds is 5. The molecule has 1 N–H and O–H groups in total. The first kappa shape index (κ1) is 29.1. The Bertz CT molecular complexity index is 1700. The molecule has 0 amide bonds. The predicted octanol–water partition coefficient (Wildman–Crippen LogP) is 5.33. The van der Waals surface area contributed by atoms with E-state index in [1.807, 2.05) is 31.3 Å². The van der Waals surface area contributed by atoms with Crippen LogP contribution in [0, 0.1) is 5.82 Å². The lowest BCUT2D eigenvalue weighted by Crippen LogP contribution is -2.46. The first-order valence-electron chi connectivity index (χ1n) is 11.7. The fourth-order valence-electron chi connectivity index (χ4n) is 4.50. The molecular weight excluding hydrogens is 582 g/mol. The number of aromatic amines is 1. The van der Waals surface area contributed by atoms with Crippen molar-refractivity contribution in [3.8, 4) is 33.0 Å². The van der Waals surface area contributed by atoms with E-state index in [4.69, 9.17) is 0 Å². The zero-order valence-electron chi connectivity index (χ0n) is 20.7. The SMILES string of the molecule is CN1CCN(S(=O)(=O)c2ccc(-c3ncnc4ccc(-c5c[nH]nc5-c5ccc(F)cc5)cc34)s2)CC1.Cl.Cl. The molecule has 1 saturated heterocycles. The van der Waals surface area contributed by atoms with Crippen molar-refractivity contribution in [2.45, 2.75) is 4.21 Å². The second-order valence-electron chi connectivity index (χ2n) is 8.93. The number of nitrogens with zero attached hydrogens (tertiary/aromatic N) is 5. The molecule has 4 heterocycles. The number of halogens is 3. The third-order valence-electron chi connectivity index (χ3n) is 6.58. The first-order valence-corrected chi connectivity index (χ1v) is 14.0. The van der Waals surface area contributed by atoms with Gasteiger partial charge in [-0.3, -0.25) is 5.10 Å². The van der Waals surface area contributed by atoms with E-state index in [2.05, 4.69) is 25.1 Å². The maximum Gasteiger partial charge on any atom is 0.252 e. The van der Waals surface area contributed by atoms with Crippen LogP contribution in [0.15, 0.2) is 71.3 Å². The molecule has 3 aromatic heterocycles. The smallest absolute Gasteiger partial charge is 0.252 e. The molecule has 0 unspecified atom stereocenters. The van der Waals surface area contributed by atoms with Crippen molar-refractivity contribution in [2.75, 3.05) is 33.2 Å². The second kappa shape index (κ2) is 11.7. The van der Waals surface area contributed by atoms with Crippen LogP contribution in [0.5, 0.6) is 0 Å². The van der Waals surface area contributed by atoms with Gasteiger partial charge < -0.3 is 4.90 Å². The third-order valence-corrected chi connectivity index (χ3v) is 10.0. The van der Waals surface area contributed by atoms with Crippen molar-refractivity contribution in [1.82, 2.24) is 29.4 Å². The molecule has 0 atom stereocenters. The van der Waals surface area contributed by atoms with E-state index in [1.54, 1.807) is 28.7 Å². The molecule has 6 rings (SSSR count). The fraction of sp³-hybridized carbons (Fsp3) is 0.192. The third kappa shape index (κ3) is 5.56. The minimum Gasteiger partial charge on any atom is -0.304 e. The number of piperazine rings is 1. The van der Waals surface area contributed by atoms with Gasteiger partial charge in [-0.2, -0.15) is 9.40 Å². The standard InChI is InChI=1S/C26H23FN6O2S2.2ClH/c1-32-10-12-33(13-11-32)37(34,35)24-9-8-23(36-24)26-20-14-18(4-7-22(20)28-16-29-26)21-15-30-31-25(21)17-2-5-19(27)6-3-17;;/h2-9,14-16H,10-13H2,1H3,(H,30,31);2*1H. The number of hydrogen-bond donors (Lipinski definition) is 1. The van der Waals surface area contributed by atoms with E-state index in [0.717, 1.165) is 32.5 Å². The zero-order valence-corrected chi connectivity index (χ0v) is 24.0. The van der Waals surface area contributed by atoms with E-state index in [9.17, 15) is 12.8 Å². The van der Waals surface area contributed by atoms with Gasteiger partial charge in [0.05, 0.1) is 21.8 Å². The van der Waals surface area contributed by atoms with E-state index in [-0.39, 0.29) is 30.6 Å². The van der Waals surface area contributed by atoms with Crippen molar-refractivity contribution in [3.63, 3.8) is 0 Å². The molecule has 0 spiro atoms. The molecular formula is C26H25Cl2FN6O2S2. The monoisotopic (exact) mass is 606 g/mol. The van der Waals surface area contributed by atoms with Crippen molar-refractivity contribution in [1.29, 1.82) is 0 Å². The van der Waals surface area contributed by atoms with E-state index >= 15 is 0 Å². The number of likely N-dealkylation sites (N-methyl/N-ethyl adjacent to an activating group) is 1. The summed E-state index contributed by atoms with van der Waals surface area (Å²) in [7, 11) is -1.57. The minimum atomic E-state index is -3.57. The number of hydrogen-bond acceptors (Lipinski definition) is 7. The van der Waals surface area contributed by atoms with Gasteiger partial charge >= 0.3 is 0 Å². The summed E-state index contributed by atoms with van der Waals surface area (Å²) in [6, 6.07) is 15.5. The molecule has 1 aliphatic rings. The van der Waals surface area contributed by atoms with E-state index in [0.29, 0.717) is 41.8 Å². The topological polar surface area (TPSA) is 95.1 Å². The number of thiophene rings is 1. The molecule has 13 heteroatoms. The highest BCUT2D eigenvalue weighted by Crippen LogP contribution is 2.37. The Morgan fingerprint density at radius 2 is 1.62 bits per heavy atom. The van der Waals surface area contributed by atoms with E-state index < -0.39 is 10.0 Å². The van der Waals surface area contributed by atoms with Gasteiger partial charge in [0.25, 0.3) is 10.0 Å². The highest BCUT2D eigenvalue weighted by molar-refractivity contribution is 7.91. The van der Waals surface area contributed by atoms with Crippen molar-refractivity contribution < 1.29 is 12.8 Å². The number of sulfonamides is 1. The Hall–Kier alpha value is -2.93. The van der Waals surface area contributed by atoms with Crippen LogP contribution in [-0.2, 0) is 10.0 Å². The maximum absolute atomic E-state index is 13.4. The molecule has 1 fully saturated rings. The molecule has 1 aliphatic heterocycles. The predicted molar refractivity (Wildman–Crippen MR) is 157 cm³/mol. The number of fused-ring (bicyclic) bond motifs is 1. The Kier molecular flexibility index (Phi) is 8.69. The molecule has 39 heavy (non-hydrogen) atoms. The van der Waals surface area contributed by atoms with E-state index in [1.165, 1.54) is 29.8 Å². The summed E-state index contributed by atoms with van der Waals surface area (Å²) in [5.41, 5.74) is 4.65. The van der Waals surface area contributed by atoms with Crippen LogP contribution >= 0.6 is 36.2 Å². The zero-order chi connectivity index (χ0) is 25.6. The van der Waals surface area contributed by atoms with Crippen LogP contribution in [0.3, 0.4) is 0 Å². The summed E-state index contributed by atoms with van der Waals surface area (Å²) < 4.78 is 41.8. The molecule has 2 aromatic carbocycles. The molecule has 5 aromatic rings. The number of H-pyrrole nitrogens is 1. The molecule has 0 radical (unpaired) electrons. The summed E-state index contributed by atoms with van der Waals surface area (Å²) in [5, 5.41) is 8.09.